The Balaban J connectivity index is 1.46. The summed E-state index contributed by atoms with van der Waals surface area (Å²) in [6, 6.07) is 7.77. The minimum atomic E-state index is -0.0840. The van der Waals surface area contributed by atoms with Crippen molar-refractivity contribution >= 4 is 17.5 Å². The number of likely N-dealkylation sites (tertiary alicyclic amines) is 1. The standard InChI is InChI=1S/C19H22ClN5O/c20-14-3-1-2-4-16(14)25-18(11-5-6-11)22-17(23-25)19(26)24-9-12-7-8-15(21)13(12)10-24/h1-4,11-13,15H,5-10,21H2. The van der Waals surface area contributed by atoms with Gasteiger partial charge in [0, 0.05) is 25.0 Å². The Morgan fingerprint density at radius 1 is 1.15 bits per heavy atom. The minimum Gasteiger partial charge on any atom is -0.335 e. The van der Waals surface area contributed by atoms with Gasteiger partial charge in [-0.25, -0.2) is 9.67 Å². The van der Waals surface area contributed by atoms with Crippen LogP contribution < -0.4 is 5.73 Å². The number of hydrogen-bond donors (Lipinski definition) is 1. The molecule has 5 rings (SSSR count). The van der Waals surface area contributed by atoms with Crippen LogP contribution in [0, 0.1) is 11.8 Å². The number of nitrogens with zero attached hydrogens (tertiary/aromatic N) is 4. The Kier molecular flexibility index (Phi) is 3.79. The Morgan fingerprint density at radius 3 is 2.69 bits per heavy atom. The normalized spacial score (nSPS) is 27.8. The largest absolute Gasteiger partial charge is 0.335 e. The van der Waals surface area contributed by atoms with E-state index in [0.717, 1.165) is 50.3 Å². The molecule has 2 heterocycles. The molecule has 3 aliphatic rings. The van der Waals surface area contributed by atoms with Crippen LogP contribution in [0.5, 0.6) is 0 Å². The van der Waals surface area contributed by atoms with Gasteiger partial charge in [0.25, 0.3) is 5.91 Å². The van der Waals surface area contributed by atoms with Crippen molar-refractivity contribution < 1.29 is 4.79 Å². The Hall–Kier alpha value is -1.92. The van der Waals surface area contributed by atoms with Crippen LogP contribution in [0.15, 0.2) is 24.3 Å². The van der Waals surface area contributed by atoms with Gasteiger partial charge in [-0.05, 0) is 49.7 Å². The van der Waals surface area contributed by atoms with Gasteiger partial charge < -0.3 is 10.6 Å². The summed E-state index contributed by atoms with van der Waals surface area (Å²) >= 11 is 6.35. The molecule has 1 saturated heterocycles. The van der Waals surface area contributed by atoms with E-state index < -0.39 is 0 Å². The fraction of sp³-hybridized carbons (Fsp3) is 0.526. The molecule has 3 atom stereocenters. The second-order valence-electron chi connectivity index (χ2n) is 7.81. The molecule has 136 valence electrons. The number of carbonyl (C=O) groups is 1. The van der Waals surface area contributed by atoms with Gasteiger partial charge >= 0.3 is 0 Å². The number of nitrogens with two attached hydrogens (primary N) is 1. The van der Waals surface area contributed by atoms with Gasteiger partial charge in [-0.2, -0.15) is 0 Å². The SMILES string of the molecule is NC1CCC2CN(C(=O)c3nc(C4CC4)n(-c4ccccc4Cl)n3)CC12. The number of benzene rings is 1. The fourth-order valence-corrected chi connectivity index (χ4v) is 4.65. The smallest absolute Gasteiger partial charge is 0.293 e. The third-order valence-electron chi connectivity index (χ3n) is 6.05. The molecule has 3 unspecified atom stereocenters. The van der Waals surface area contributed by atoms with Gasteiger partial charge in [0.2, 0.25) is 5.82 Å². The van der Waals surface area contributed by atoms with Crippen LogP contribution in [-0.2, 0) is 0 Å². The van der Waals surface area contributed by atoms with E-state index in [2.05, 4.69) is 10.1 Å². The zero-order valence-electron chi connectivity index (χ0n) is 14.5. The highest BCUT2D eigenvalue weighted by molar-refractivity contribution is 6.32. The van der Waals surface area contributed by atoms with E-state index in [1.165, 1.54) is 0 Å². The van der Waals surface area contributed by atoms with Crippen molar-refractivity contribution in [3.63, 3.8) is 0 Å². The topological polar surface area (TPSA) is 77.0 Å². The summed E-state index contributed by atoms with van der Waals surface area (Å²) in [5.74, 6) is 2.36. The predicted octanol–water partition coefficient (Wildman–Crippen LogP) is 2.61. The zero-order chi connectivity index (χ0) is 17.8. The van der Waals surface area contributed by atoms with E-state index in [-0.39, 0.29) is 17.8 Å². The number of rotatable bonds is 3. The van der Waals surface area contributed by atoms with Gasteiger partial charge in [-0.1, -0.05) is 23.7 Å². The van der Waals surface area contributed by atoms with Crippen LogP contribution in [0.2, 0.25) is 5.02 Å². The maximum absolute atomic E-state index is 13.0. The molecule has 2 aromatic rings. The summed E-state index contributed by atoms with van der Waals surface area (Å²) in [5.41, 5.74) is 6.98. The van der Waals surface area contributed by atoms with Crippen LogP contribution in [0.1, 0.15) is 48.0 Å². The van der Waals surface area contributed by atoms with Crippen molar-refractivity contribution in [1.82, 2.24) is 19.7 Å². The highest BCUT2D eigenvalue weighted by Gasteiger charge is 2.43. The van der Waals surface area contributed by atoms with Gasteiger partial charge in [0.1, 0.15) is 5.82 Å². The molecule has 3 fully saturated rings. The Morgan fingerprint density at radius 2 is 1.96 bits per heavy atom. The molecule has 1 aromatic carbocycles. The molecular formula is C19H22ClN5O. The lowest BCUT2D eigenvalue weighted by molar-refractivity contribution is 0.0767. The maximum atomic E-state index is 13.0. The lowest BCUT2D eigenvalue weighted by Gasteiger charge is -2.17. The molecular weight excluding hydrogens is 350 g/mol. The zero-order valence-corrected chi connectivity index (χ0v) is 15.3. The molecule has 26 heavy (non-hydrogen) atoms. The quantitative estimate of drug-likeness (QED) is 0.899. The van der Waals surface area contributed by atoms with Crippen molar-refractivity contribution in [2.24, 2.45) is 17.6 Å². The van der Waals surface area contributed by atoms with Gasteiger partial charge in [-0.15, -0.1) is 5.10 Å². The van der Waals surface area contributed by atoms with E-state index in [1.807, 2.05) is 29.2 Å². The predicted molar refractivity (Wildman–Crippen MR) is 98.4 cm³/mol. The number of amides is 1. The lowest BCUT2D eigenvalue weighted by Crippen LogP contribution is -2.34. The average Bonchev–Trinajstić information content (AvgIpc) is 3.10. The molecule has 2 aliphatic carbocycles. The number of aromatic nitrogens is 3. The molecule has 1 amide bonds. The van der Waals surface area contributed by atoms with Crippen LogP contribution in [0.3, 0.4) is 0 Å². The highest BCUT2D eigenvalue weighted by atomic mass is 35.5. The van der Waals surface area contributed by atoms with Crippen molar-refractivity contribution in [2.45, 2.75) is 37.6 Å². The first-order valence-electron chi connectivity index (χ1n) is 9.38. The van der Waals surface area contributed by atoms with Crippen molar-refractivity contribution in [1.29, 1.82) is 0 Å². The summed E-state index contributed by atoms with van der Waals surface area (Å²) in [7, 11) is 0. The van der Waals surface area contributed by atoms with Gasteiger partial charge in [-0.3, -0.25) is 4.79 Å². The summed E-state index contributed by atoms with van der Waals surface area (Å²) < 4.78 is 1.76. The number of hydrogen-bond acceptors (Lipinski definition) is 4. The number of fused-ring (bicyclic) bond motifs is 1. The van der Waals surface area contributed by atoms with E-state index >= 15 is 0 Å². The number of para-hydroxylation sites is 1. The van der Waals surface area contributed by atoms with Gasteiger partial charge in [0.05, 0.1) is 10.7 Å². The average molecular weight is 372 g/mol. The first kappa shape index (κ1) is 16.3. The van der Waals surface area contributed by atoms with Crippen LogP contribution in [0.4, 0.5) is 0 Å². The van der Waals surface area contributed by atoms with Crippen LogP contribution in [0.25, 0.3) is 5.69 Å². The summed E-state index contributed by atoms with van der Waals surface area (Å²) in [6.45, 7) is 1.50. The Bertz CT molecular complexity index is 861. The van der Waals surface area contributed by atoms with E-state index in [9.17, 15) is 4.79 Å². The monoisotopic (exact) mass is 371 g/mol. The molecule has 2 saturated carbocycles. The van der Waals surface area contributed by atoms with Crippen LogP contribution in [-0.4, -0.2) is 44.7 Å². The molecule has 0 spiro atoms. The third kappa shape index (κ3) is 2.63. The highest BCUT2D eigenvalue weighted by Crippen LogP contribution is 2.41. The Labute approximate surface area is 157 Å². The lowest BCUT2D eigenvalue weighted by atomic mass is 9.98. The molecule has 2 N–H and O–H groups in total. The van der Waals surface area contributed by atoms with Gasteiger partial charge in [0.15, 0.2) is 0 Å². The summed E-state index contributed by atoms with van der Waals surface area (Å²) in [5, 5.41) is 5.17. The van der Waals surface area contributed by atoms with E-state index in [0.29, 0.717) is 22.8 Å². The van der Waals surface area contributed by atoms with E-state index in [1.54, 1.807) is 4.68 Å². The van der Waals surface area contributed by atoms with Crippen molar-refractivity contribution in [3.05, 3.63) is 40.9 Å². The number of halogens is 1. The second kappa shape index (κ2) is 6.06. The fourth-order valence-electron chi connectivity index (χ4n) is 4.44. The van der Waals surface area contributed by atoms with Crippen molar-refractivity contribution in [3.8, 4) is 5.69 Å². The molecule has 1 aromatic heterocycles. The minimum absolute atomic E-state index is 0.0840. The molecule has 6 nitrogen and oxygen atoms in total. The summed E-state index contributed by atoms with van der Waals surface area (Å²) in [6.07, 6.45) is 4.35. The maximum Gasteiger partial charge on any atom is 0.293 e. The second-order valence-corrected chi connectivity index (χ2v) is 8.21. The molecule has 1 aliphatic heterocycles. The van der Waals surface area contributed by atoms with Crippen LogP contribution >= 0.6 is 11.6 Å². The van der Waals surface area contributed by atoms with E-state index in [4.69, 9.17) is 17.3 Å². The van der Waals surface area contributed by atoms with Crippen molar-refractivity contribution in [2.75, 3.05) is 13.1 Å². The number of carbonyl (C=O) groups excluding carboxylic acids is 1. The first-order valence-corrected chi connectivity index (χ1v) is 9.76. The third-order valence-corrected chi connectivity index (χ3v) is 6.37. The summed E-state index contributed by atoms with van der Waals surface area (Å²) in [4.78, 5) is 19.5. The molecule has 7 heteroatoms. The molecule has 0 bridgehead atoms. The molecule has 0 radical (unpaired) electrons. The first-order chi connectivity index (χ1) is 12.6.